The Balaban J connectivity index is 1.22. The predicted molar refractivity (Wildman–Crippen MR) is 218 cm³/mol. The van der Waals surface area contributed by atoms with Crippen LogP contribution >= 0.6 is 11.6 Å². The van der Waals surface area contributed by atoms with Gasteiger partial charge in [0.05, 0.1) is 12.2 Å². The zero-order valence-electron chi connectivity index (χ0n) is 31.5. The predicted octanol–water partition coefficient (Wildman–Crippen LogP) is 8.47. The number of phenols is 1. The molecular weight excluding hydrogens is 710 g/mol. The molecule has 2 amide bonds. The Morgan fingerprint density at radius 2 is 1.69 bits per heavy atom. The van der Waals surface area contributed by atoms with E-state index >= 15 is 4.79 Å². The molecule has 4 heterocycles. The fourth-order valence-corrected chi connectivity index (χ4v) is 8.53. The number of ether oxygens (including phenoxy) is 1. The van der Waals surface area contributed by atoms with E-state index in [9.17, 15) is 9.90 Å². The Morgan fingerprint density at radius 3 is 2.49 bits per heavy atom. The highest BCUT2D eigenvalue weighted by Gasteiger charge is 2.34. The minimum Gasteiger partial charge on any atom is -0.508 e. The molecule has 9 nitrogen and oxygen atoms in total. The third-order valence-electron chi connectivity index (χ3n) is 11.2. The van der Waals surface area contributed by atoms with E-state index in [2.05, 4.69) is 39.3 Å². The van der Waals surface area contributed by atoms with Crippen LogP contribution in [0.25, 0.3) is 22.2 Å². The third-order valence-corrected chi connectivity index (χ3v) is 11.5. The maximum atomic E-state index is 15.1. The summed E-state index contributed by atoms with van der Waals surface area (Å²) in [6, 6.07) is 30.6. The zero-order valence-corrected chi connectivity index (χ0v) is 32.3. The summed E-state index contributed by atoms with van der Waals surface area (Å²) in [5.41, 5.74) is 8.44. The van der Waals surface area contributed by atoms with E-state index in [-0.39, 0.29) is 23.6 Å². The third kappa shape index (κ3) is 7.15. The van der Waals surface area contributed by atoms with Gasteiger partial charge in [-0.25, -0.2) is 0 Å². The van der Waals surface area contributed by atoms with E-state index in [1.165, 1.54) is 5.56 Å². The van der Waals surface area contributed by atoms with Crippen molar-refractivity contribution in [1.82, 2.24) is 18.9 Å². The van der Waals surface area contributed by atoms with Crippen molar-refractivity contribution in [1.29, 1.82) is 0 Å². The largest absolute Gasteiger partial charge is 0.508 e. The van der Waals surface area contributed by atoms with Crippen molar-refractivity contribution in [3.63, 3.8) is 0 Å². The summed E-state index contributed by atoms with van der Waals surface area (Å²) in [6.45, 7) is 3.30. The topological polar surface area (TPSA) is 83.2 Å². The Labute approximate surface area is 326 Å². The number of benzene rings is 4. The van der Waals surface area contributed by atoms with Gasteiger partial charge in [0.25, 0.3) is 11.8 Å². The van der Waals surface area contributed by atoms with E-state index in [1.807, 2.05) is 66.7 Å². The van der Waals surface area contributed by atoms with Gasteiger partial charge in [0.1, 0.15) is 5.75 Å². The fraction of sp³-hybridized carbons (Fsp3) is 0.289. The van der Waals surface area contributed by atoms with Gasteiger partial charge in [0.2, 0.25) is 0 Å². The quantitative estimate of drug-likeness (QED) is 0.152. The number of halogens is 1. The number of aryl methyl sites for hydroxylation is 1. The Morgan fingerprint density at radius 1 is 0.909 bits per heavy atom. The number of anilines is 2. The standard InChI is InChI=1S/C45H46ClN5O4/c1-47(22-23-55-3)29-36-24-30-8-4-5-9-32(30)28-50(36)44(53)38-17-11-33(46)26-39(38)43-27-40(42-10-6-7-20-49(42)43)45(54)51(34-12-15-37(52)16-13-34)35-14-18-41-31(25-35)19-21-48(41)2/h4-5,8-9,11-19,21,25-27,36,52H,6-7,10,20,22-24,28-29H2,1-3H3/t36-/m0/s1. The Kier molecular flexibility index (Phi) is 10.3. The first-order valence-corrected chi connectivity index (χ1v) is 19.3. The summed E-state index contributed by atoms with van der Waals surface area (Å²) in [5.74, 6) is -0.121. The van der Waals surface area contributed by atoms with Gasteiger partial charge in [-0.05, 0) is 117 Å². The normalized spacial score (nSPS) is 15.3. The molecule has 282 valence electrons. The van der Waals surface area contributed by atoms with Crippen molar-refractivity contribution in [2.24, 2.45) is 7.05 Å². The molecule has 4 aromatic carbocycles. The van der Waals surface area contributed by atoms with Crippen LogP contribution in [0.1, 0.15) is 50.4 Å². The average molecular weight is 756 g/mol. The summed E-state index contributed by atoms with van der Waals surface area (Å²) in [5, 5.41) is 11.7. The van der Waals surface area contributed by atoms with Crippen LogP contribution in [0, 0.1) is 0 Å². The molecule has 0 fully saturated rings. The molecule has 55 heavy (non-hydrogen) atoms. The van der Waals surface area contributed by atoms with Gasteiger partial charge in [-0.1, -0.05) is 35.9 Å². The number of methoxy groups -OCH3 is 1. The lowest BCUT2D eigenvalue weighted by molar-refractivity contribution is 0.0579. The van der Waals surface area contributed by atoms with Crippen LogP contribution in [-0.2, 0) is 37.7 Å². The molecule has 0 bridgehead atoms. The van der Waals surface area contributed by atoms with Gasteiger partial charge in [-0.3, -0.25) is 14.5 Å². The molecule has 10 heteroatoms. The molecule has 0 saturated heterocycles. The first-order chi connectivity index (χ1) is 26.7. The molecule has 8 rings (SSSR count). The van der Waals surface area contributed by atoms with Gasteiger partial charge in [-0.15, -0.1) is 0 Å². The second-order valence-corrected chi connectivity index (χ2v) is 15.3. The van der Waals surface area contributed by atoms with Gasteiger partial charge in [0, 0.05) is 102 Å². The van der Waals surface area contributed by atoms with Crippen LogP contribution in [0.15, 0.2) is 103 Å². The number of amides is 2. The van der Waals surface area contributed by atoms with E-state index in [0.29, 0.717) is 47.1 Å². The van der Waals surface area contributed by atoms with Crippen molar-refractivity contribution in [2.45, 2.75) is 44.8 Å². The number of carbonyl (C=O) groups is 2. The van der Waals surface area contributed by atoms with E-state index < -0.39 is 0 Å². The molecule has 2 aliphatic rings. The number of fused-ring (bicyclic) bond motifs is 3. The minimum atomic E-state index is -0.181. The molecule has 2 aromatic heterocycles. The number of aromatic nitrogens is 2. The highest BCUT2D eigenvalue weighted by atomic mass is 35.5. The van der Waals surface area contributed by atoms with Crippen molar-refractivity contribution < 1.29 is 19.4 Å². The summed E-state index contributed by atoms with van der Waals surface area (Å²) in [4.78, 5) is 36.0. The summed E-state index contributed by atoms with van der Waals surface area (Å²) in [6.07, 6.45) is 5.39. The van der Waals surface area contributed by atoms with Crippen molar-refractivity contribution in [3.8, 4) is 17.0 Å². The first kappa shape index (κ1) is 36.6. The SMILES string of the molecule is COCCN(C)C[C@@H]1Cc2ccccc2CN1C(=O)c1ccc(Cl)cc1-c1cc(C(=O)N(c2ccc(O)cc2)c2ccc3c(ccn3C)c2)c2n1CCCC2. The van der Waals surface area contributed by atoms with E-state index in [4.69, 9.17) is 16.3 Å². The highest BCUT2D eigenvalue weighted by molar-refractivity contribution is 6.31. The molecule has 6 aromatic rings. The molecule has 1 atom stereocenters. The Hall–Kier alpha value is -5.35. The summed E-state index contributed by atoms with van der Waals surface area (Å²) in [7, 11) is 5.78. The molecule has 0 saturated carbocycles. The maximum Gasteiger partial charge on any atom is 0.264 e. The number of hydrogen-bond donors (Lipinski definition) is 1. The zero-order chi connectivity index (χ0) is 38.2. The summed E-state index contributed by atoms with van der Waals surface area (Å²) >= 11 is 6.75. The molecular formula is C45H46ClN5O4. The first-order valence-electron chi connectivity index (χ1n) is 19.0. The monoisotopic (exact) mass is 755 g/mol. The number of likely N-dealkylation sites (N-methyl/N-ethyl adjacent to an activating group) is 1. The minimum absolute atomic E-state index is 0.0491. The number of aromatic hydroxyl groups is 1. The van der Waals surface area contributed by atoms with Crippen molar-refractivity contribution in [3.05, 3.63) is 136 Å². The van der Waals surface area contributed by atoms with Crippen LogP contribution in [0.4, 0.5) is 11.4 Å². The molecule has 0 spiro atoms. The maximum absolute atomic E-state index is 15.1. The van der Waals surface area contributed by atoms with Crippen molar-refractivity contribution >= 4 is 45.7 Å². The Bertz CT molecular complexity index is 2380. The van der Waals surface area contributed by atoms with E-state index in [1.54, 1.807) is 42.3 Å². The lowest BCUT2D eigenvalue weighted by atomic mass is 9.92. The van der Waals surface area contributed by atoms with Crippen LogP contribution < -0.4 is 4.90 Å². The van der Waals surface area contributed by atoms with Crippen LogP contribution in [0.2, 0.25) is 5.02 Å². The lowest BCUT2D eigenvalue weighted by Crippen LogP contribution is -2.50. The number of hydrogen-bond acceptors (Lipinski definition) is 5. The number of rotatable bonds is 10. The molecule has 0 radical (unpaired) electrons. The van der Waals surface area contributed by atoms with Gasteiger partial charge in [0.15, 0.2) is 0 Å². The van der Waals surface area contributed by atoms with Crippen molar-refractivity contribution in [2.75, 3.05) is 38.8 Å². The van der Waals surface area contributed by atoms with Crippen LogP contribution in [0.3, 0.4) is 0 Å². The highest BCUT2D eigenvalue weighted by Crippen LogP contribution is 2.39. The second-order valence-electron chi connectivity index (χ2n) is 14.8. The number of nitrogens with zero attached hydrogens (tertiary/aromatic N) is 5. The van der Waals surface area contributed by atoms with Gasteiger partial charge in [-0.2, -0.15) is 0 Å². The fourth-order valence-electron chi connectivity index (χ4n) is 8.35. The average Bonchev–Trinajstić information content (AvgIpc) is 3.77. The van der Waals surface area contributed by atoms with Gasteiger partial charge >= 0.3 is 0 Å². The second kappa shape index (κ2) is 15.4. The van der Waals surface area contributed by atoms with Crippen LogP contribution in [0.5, 0.6) is 5.75 Å². The molecule has 2 aliphatic heterocycles. The lowest BCUT2D eigenvalue weighted by Gasteiger charge is -2.39. The van der Waals surface area contributed by atoms with Gasteiger partial charge < -0.3 is 28.8 Å². The van der Waals surface area contributed by atoms with Crippen LogP contribution in [-0.4, -0.2) is 75.8 Å². The number of phenolic OH excluding ortho intramolecular Hbond substituents is 1. The smallest absolute Gasteiger partial charge is 0.264 e. The number of carbonyl (C=O) groups excluding carboxylic acids is 2. The van der Waals surface area contributed by atoms with E-state index in [0.717, 1.165) is 72.3 Å². The molecule has 1 N–H and O–H groups in total. The molecule has 0 unspecified atom stereocenters. The summed E-state index contributed by atoms with van der Waals surface area (Å²) < 4.78 is 9.62. The molecule has 0 aliphatic carbocycles.